The zero-order chi connectivity index (χ0) is 11.8. The van der Waals surface area contributed by atoms with E-state index < -0.39 is 0 Å². The van der Waals surface area contributed by atoms with Gasteiger partial charge in [-0.1, -0.05) is 37.6 Å². The Morgan fingerprint density at radius 3 is 2.44 bits per heavy atom. The molecule has 0 aliphatic heterocycles. The van der Waals surface area contributed by atoms with Gasteiger partial charge in [0.05, 0.1) is 6.61 Å². The number of hydrogen-bond donors (Lipinski definition) is 1. The van der Waals surface area contributed by atoms with Gasteiger partial charge >= 0.3 is 0 Å². The predicted octanol–water partition coefficient (Wildman–Crippen LogP) is 2.59. The van der Waals surface area contributed by atoms with Crippen molar-refractivity contribution in [2.75, 3.05) is 27.3 Å². The fourth-order valence-corrected chi connectivity index (χ4v) is 1.97. The molecule has 1 unspecified atom stereocenters. The topological polar surface area (TPSA) is 21.3 Å². The van der Waals surface area contributed by atoms with Crippen LogP contribution < -0.4 is 5.32 Å². The predicted molar refractivity (Wildman–Crippen MR) is 69.0 cm³/mol. The van der Waals surface area contributed by atoms with Gasteiger partial charge in [-0.15, -0.1) is 0 Å². The number of likely N-dealkylation sites (N-methyl/N-ethyl adjacent to an activating group) is 1. The Morgan fingerprint density at radius 2 is 1.94 bits per heavy atom. The van der Waals surface area contributed by atoms with E-state index in [1.54, 1.807) is 7.11 Å². The van der Waals surface area contributed by atoms with Gasteiger partial charge in [0.25, 0.3) is 0 Å². The molecule has 2 heteroatoms. The van der Waals surface area contributed by atoms with Gasteiger partial charge in [-0.25, -0.2) is 0 Å². The molecule has 0 spiro atoms. The normalized spacial score (nSPS) is 12.7. The van der Waals surface area contributed by atoms with Crippen molar-refractivity contribution >= 4 is 0 Å². The van der Waals surface area contributed by atoms with Crippen molar-refractivity contribution in [2.24, 2.45) is 0 Å². The van der Waals surface area contributed by atoms with E-state index in [2.05, 4.69) is 36.5 Å². The Hall–Kier alpha value is -0.860. The molecular weight excluding hydrogens is 198 g/mol. The van der Waals surface area contributed by atoms with Crippen LogP contribution >= 0.6 is 0 Å². The largest absolute Gasteiger partial charge is 0.384 e. The lowest BCUT2D eigenvalue weighted by Crippen LogP contribution is -2.20. The first-order valence-corrected chi connectivity index (χ1v) is 6.04. The third-order valence-corrected chi connectivity index (χ3v) is 2.81. The summed E-state index contributed by atoms with van der Waals surface area (Å²) >= 11 is 0. The second-order valence-electron chi connectivity index (χ2n) is 4.20. The quantitative estimate of drug-likeness (QED) is 0.764. The lowest BCUT2D eigenvalue weighted by Gasteiger charge is -2.16. The van der Waals surface area contributed by atoms with Crippen molar-refractivity contribution in [3.8, 4) is 0 Å². The number of methoxy groups -OCH3 is 1. The lowest BCUT2D eigenvalue weighted by atomic mass is 9.97. The van der Waals surface area contributed by atoms with Crippen molar-refractivity contribution < 1.29 is 4.74 Å². The van der Waals surface area contributed by atoms with E-state index in [1.807, 2.05) is 7.05 Å². The average Bonchev–Trinajstić information content (AvgIpc) is 2.30. The first kappa shape index (κ1) is 13.2. The summed E-state index contributed by atoms with van der Waals surface area (Å²) in [7, 11) is 3.74. The van der Waals surface area contributed by atoms with Gasteiger partial charge in [0.1, 0.15) is 0 Å². The molecule has 1 N–H and O–H groups in total. The van der Waals surface area contributed by atoms with Crippen LogP contribution in [0.1, 0.15) is 30.4 Å². The molecule has 0 heterocycles. The molecule has 0 bridgehead atoms. The van der Waals surface area contributed by atoms with E-state index in [0.29, 0.717) is 5.92 Å². The van der Waals surface area contributed by atoms with Crippen LogP contribution in [-0.4, -0.2) is 27.3 Å². The van der Waals surface area contributed by atoms with E-state index in [1.165, 1.54) is 24.0 Å². The first-order valence-electron chi connectivity index (χ1n) is 6.04. The molecule has 0 amide bonds. The van der Waals surface area contributed by atoms with Crippen LogP contribution in [0.5, 0.6) is 0 Å². The number of rotatable bonds is 7. The maximum Gasteiger partial charge on any atom is 0.0543 e. The van der Waals surface area contributed by atoms with Gasteiger partial charge in [0.15, 0.2) is 0 Å². The summed E-state index contributed by atoms with van der Waals surface area (Å²) in [6.45, 7) is 3.94. The summed E-state index contributed by atoms with van der Waals surface area (Å²) in [4.78, 5) is 0. The highest BCUT2D eigenvalue weighted by atomic mass is 16.5. The molecule has 1 aromatic rings. The highest BCUT2D eigenvalue weighted by Crippen LogP contribution is 2.16. The maximum absolute atomic E-state index is 5.25. The SMILES string of the molecule is CCCc1ccc(C(CNC)COC)cc1. The molecule has 0 radical (unpaired) electrons. The zero-order valence-electron chi connectivity index (χ0n) is 10.6. The highest BCUT2D eigenvalue weighted by molar-refractivity contribution is 5.26. The number of aryl methyl sites for hydroxylation is 1. The minimum Gasteiger partial charge on any atom is -0.384 e. The first-order chi connectivity index (χ1) is 7.81. The van der Waals surface area contributed by atoms with E-state index in [0.717, 1.165) is 13.2 Å². The van der Waals surface area contributed by atoms with E-state index >= 15 is 0 Å². The molecule has 0 saturated heterocycles. The van der Waals surface area contributed by atoms with Crippen molar-refractivity contribution in [2.45, 2.75) is 25.7 Å². The molecule has 1 atom stereocenters. The average molecular weight is 221 g/mol. The molecule has 0 aliphatic rings. The van der Waals surface area contributed by atoms with Crippen LogP contribution in [0.15, 0.2) is 24.3 Å². The summed E-state index contributed by atoms with van der Waals surface area (Å²) in [6.07, 6.45) is 2.37. The highest BCUT2D eigenvalue weighted by Gasteiger charge is 2.09. The molecular formula is C14H23NO. The monoisotopic (exact) mass is 221 g/mol. The van der Waals surface area contributed by atoms with Crippen LogP contribution in [0.2, 0.25) is 0 Å². The second-order valence-corrected chi connectivity index (χ2v) is 4.20. The molecule has 1 rings (SSSR count). The van der Waals surface area contributed by atoms with Gasteiger partial charge in [0, 0.05) is 19.6 Å². The number of ether oxygens (including phenoxy) is 1. The smallest absolute Gasteiger partial charge is 0.0543 e. The van der Waals surface area contributed by atoms with E-state index in [9.17, 15) is 0 Å². The molecule has 0 aromatic heterocycles. The van der Waals surface area contributed by atoms with Gasteiger partial charge < -0.3 is 10.1 Å². The molecule has 0 fully saturated rings. The van der Waals surface area contributed by atoms with Gasteiger partial charge in [-0.2, -0.15) is 0 Å². The van der Waals surface area contributed by atoms with Crippen LogP contribution in [-0.2, 0) is 11.2 Å². The Morgan fingerprint density at radius 1 is 1.25 bits per heavy atom. The molecule has 1 aromatic carbocycles. The van der Waals surface area contributed by atoms with Crippen LogP contribution in [0, 0.1) is 0 Å². The van der Waals surface area contributed by atoms with E-state index in [-0.39, 0.29) is 0 Å². The van der Waals surface area contributed by atoms with Crippen molar-refractivity contribution in [3.05, 3.63) is 35.4 Å². The maximum atomic E-state index is 5.25. The van der Waals surface area contributed by atoms with Crippen LogP contribution in [0.25, 0.3) is 0 Å². The Bertz CT molecular complexity index is 275. The fraction of sp³-hybridized carbons (Fsp3) is 0.571. The molecule has 0 aliphatic carbocycles. The zero-order valence-corrected chi connectivity index (χ0v) is 10.6. The molecule has 2 nitrogen and oxygen atoms in total. The van der Waals surface area contributed by atoms with Crippen molar-refractivity contribution in [1.29, 1.82) is 0 Å². The standard InChI is InChI=1S/C14H23NO/c1-4-5-12-6-8-13(9-7-12)14(10-15-2)11-16-3/h6-9,14-15H,4-5,10-11H2,1-3H3. The number of benzene rings is 1. The van der Waals surface area contributed by atoms with E-state index in [4.69, 9.17) is 4.74 Å². The molecule has 16 heavy (non-hydrogen) atoms. The van der Waals surface area contributed by atoms with Crippen molar-refractivity contribution in [1.82, 2.24) is 5.32 Å². The minimum atomic E-state index is 0.450. The van der Waals surface area contributed by atoms with Gasteiger partial charge in [-0.3, -0.25) is 0 Å². The summed E-state index contributed by atoms with van der Waals surface area (Å²) < 4.78 is 5.25. The molecule has 0 saturated carbocycles. The Balaban J connectivity index is 2.68. The third-order valence-electron chi connectivity index (χ3n) is 2.81. The minimum absolute atomic E-state index is 0.450. The number of hydrogen-bond acceptors (Lipinski definition) is 2. The summed E-state index contributed by atoms with van der Waals surface area (Å²) in [5.74, 6) is 0.450. The second kappa shape index (κ2) is 7.42. The van der Waals surface area contributed by atoms with Crippen molar-refractivity contribution in [3.63, 3.8) is 0 Å². The number of nitrogens with one attached hydrogen (secondary N) is 1. The fourth-order valence-electron chi connectivity index (χ4n) is 1.97. The summed E-state index contributed by atoms with van der Waals surface area (Å²) in [5, 5.41) is 3.21. The lowest BCUT2D eigenvalue weighted by molar-refractivity contribution is 0.178. The summed E-state index contributed by atoms with van der Waals surface area (Å²) in [5.41, 5.74) is 2.78. The molecule has 90 valence electrons. The van der Waals surface area contributed by atoms with Gasteiger partial charge in [-0.05, 0) is 24.6 Å². The van der Waals surface area contributed by atoms with Crippen LogP contribution in [0.4, 0.5) is 0 Å². The third kappa shape index (κ3) is 3.95. The van der Waals surface area contributed by atoms with Crippen LogP contribution in [0.3, 0.4) is 0 Å². The Labute approximate surface area is 99.0 Å². The summed E-state index contributed by atoms with van der Waals surface area (Å²) in [6, 6.07) is 8.92. The Kier molecular flexibility index (Phi) is 6.12. The van der Waals surface area contributed by atoms with Gasteiger partial charge in [0.2, 0.25) is 0 Å².